The molecule has 7 heteroatoms. The van der Waals surface area contributed by atoms with E-state index in [0.717, 1.165) is 17.7 Å². The van der Waals surface area contributed by atoms with Crippen LogP contribution in [0.1, 0.15) is 17.7 Å². The van der Waals surface area contributed by atoms with Crippen LogP contribution in [0.15, 0.2) is 46.0 Å². The molecule has 0 spiro atoms. The van der Waals surface area contributed by atoms with Crippen molar-refractivity contribution >= 4 is 5.96 Å². The molecule has 0 aliphatic rings. The van der Waals surface area contributed by atoms with Gasteiger partial charge in [-0.25, -0.2) is 4.99 Å². The third kappa shape index (κ3) is 6.39. The van der Waals surface area contributed by atoms with Crippen molar-refractivity contribution in [1.29, 1.82) is 0 Å². The fourth-order valence-electron chi connectivity index (χ4n) is 2.17. The summed E-state index contributed by atoms with van der Waals surface area (Å²) < 4.78 is 21.2. The van der Waals surface area contributed by atoms with E-state index in [1.807, 2.05) is 30.3 Å². The molecule has 2 aromatic rings. The fraction of sp³-hybridized carbons (Fsp3) is 0.389. The Morgan fingerprint density at radius 2 is 2.04 bits per heavy atom. The summed E-state index contributed by atoms with van der Waals surface area (Å²) >= 11 is 0. The highest BCUT2D eigenvalue weighted by Crippen LogP contribution is 2.27. The number of nitrogens with one attached hydrogen (secondary N) is 1. The van der Waals surface area contributed by atoms with E-state index in [-0.39, 0.29) is 0 Å². The zero-order valence-electron chi connectivity index (χ0n) is 14.7. The Morgan fingerprint density at radius 3 is 2.76 bits per heavy atom. The Bertz CT molecular complexity index is 656. The minimum Gasteiger partial charge on any atom is -0.493 e. The van der Waals surface area contributed by atoms with Gasteiger partial charge in [0.05, 0.1) is 27.0 Å². The Morgan fingerprint density at radius 1 is 1.20 bits per heavy atom. The van der Waals surface area contributed by atoms with E-state index in [1.54, 1.807) is 20.5 Å². The molecule has 1 heterocycles. The quantitative estimate of drug-likeness (QED) is 0.389. The van der Waals surface area contributed by atoms with Crippen molar-refractivity contribution in [3.05, 3.63) is 47.9 Å². The monoisotopic (exact) mass is 347 g/mol. The second-order valence-corrected chi connectivity index (χ2v) is 5.30. The minimum atomic E-state index is 0.404. The number of aliphatic imine (C=N–C) groups is 1. The number of furan rings is 1. The van der Waals surface area contributed by atoms with Gasteiger partial charge >= 0.3 is 0 Å². The van der Waals surface area contributed by atoms with Gasteiger partial charge < -0.3 is 29.7 Å². The number of nitrogens with two attached hydrogens (primary N) is 1. The second-order valence-electron chi connectivity index (χ2n) is 5.30. The maximum atomic E-state index is 5.87. The van der Waals surface area contributed by atoms with Crippen LogP contribution in [0.4, 0.5) is 0 Å². The Balaban J connectivity index is 1.65. The molecule has 1 aromatic carbocycles. The largest absolute Gasteiger partial charge is 0.493 e. The molecule has 0 amide bonds. The van der Waals surface area contributed by atoms with E-state index >= 15 is 0 Å². The van der Waals surface area contributed by atoms with Crippen molar-refractivity contribution < 1.29 is 18.6 Å². The molecule has 25 heavy (non-hydrogen) atoms. The average molecular weight is 347 g/mol. The Labute approximate surface area is 147 Å². The molecular weight excluding hydrogens is 322 g/mol. The molecule has 0 aliphatic heterocycles. The zero-order valence-corrected chi connectivity index (χ0v) is 14.7. The lowest BCUT2D eigenvalue weighted by Crippen LogP contribution is -2.32. The van der Waals surface area contributed by atoms with Crippen LogP contribution in [0.25, 0.3) is 0 Å². The molecule has 0 fully saturated rings. The maximum absolute atomic E-state index is 5.87. The lowest BCUT2D eigenvalue weighted by Gasteiger charge is -2.09. The first-order chi connectivity index (χ1) is 12.2. The van der Waals surface area contributed by atoms with Gasteiger partial charge in [-0.05, 0) is 36.2 Å². The molecule has 0 atom stereocenters. The molecule has 7 nitrogen and oxygen atoms in total. The highest BCUT2D eigenvalue weighted by Gasteiger charge is 2.04. The molecular formula is C18H25N3O4. The maximum Gasteiger partial charge on any atom is 0.188 e. The van der Waals surface area contributed by atoms with Crippen molar-refractivity contribution in [2.75, 3.05) is 27.4 Å². The molecule has 3 N–H and O–H groups in total. The van der Waals surface area contributed by atoms with Crippen molar-refractivity contribution in [3.63, 3.8) is 0 Å². The Hall–Kier alpha value is -2.67. The lowest BCUT2D eigenvalue weighted by molar-refractivity contribution is 0.105. The standard InChI is InChI=1S/C18H25N3O4/c1-22-16-7-6-14(11-17(16)23-2)12-21-18(19)20-8-4-9-24-13-15-5-3-10-25-15/h3,5-7,10-11H,4,8-9,12-13H2,1-2H3,(H3,19,20,21). The summed E-state index contributed by atoms with van der Waals surface area (Å²) in [5.74, 6) is 2.59. The minimum absolute atomic E-state index is 0.404. The fourth-order valence-corrected chi connectivity index (χ4v) is 2.17. The van der Waals surface area contributed by atoms with Gasteiger partial charge in [0.15, 0.2) is 17.5 Å². The van der Waals surface area contributed by atoms with E-state index in [9.17, 15) is 0 Å². The summed E-state index contributed by atoms with van der Waals surface area (Å²) in [6, 6.07) is 9.40. The number of hydrogen-bond donors (Lipinski definition) is 2. The van der Waals surface area contributed by atoms with Crippen LogP contribution >= 0.6 is 0 Å². The predicted molar refractivity (Wildman–Crippen MR) is 95.9 cm³/mol. The van der Waals surface area contributed by atoms with Gasteiger partial charge in [-0.2, -0.15) is 0 Å². The highest BCUT2D eigenvalue weighted by molar-refractivity contribution is 5.77. The number of methoxy groups -OCH3 is 2. The van der Waals surface area contributed by atoms with E-state index in [0.29, 0.717) is 43.8 Å². The summed E-state index contributed by atoms with van der Waals surface area (Å²) in [4.78, 5) is 4.31. The van der Waals surface area contributed by atoms with Crippen molar-refractivity contribution in [3.8, 4) is 11.5 Å². The van der Waals surface area contributed by atoms with E-state index in [1.165, 1.54) is 0 Å². The van der Waals surface area contributed by atoms with Crippen LogP contribution in [0.2, 0.25) is 0 Å². The number of guanidine groups is 1. The van der Waals surface area contributed by atoms with Crippen molar-refractivity contribution in [2.24, 2.45) is 10.7 Å². The van der Waals surface area contributed by atoms with Gasteiger partial charge in [0, 0.05) is 13.2 Å². The topological polar surface area (TPSA) is 91.2 Å². The van der Waals surface area contributed by atoms with Crippen LogP contribution < -0.4 is 20.5 Å². The van der Waals surface area contributed by atoms with E-state index in [4.69, 9.17) is 24.4 Å². The molecule has 0 saturated carbocycles. The molecule has 0 bridgehead atoms. The summed E-state index contributed by atoms with van der Waals surface area (Å²) in [6.45, 7) is 2.26. The van der Waals surface area contributed by atoms with Crippen LogP contribution in [-0.2, 0) is 17.9 Å². The first kappa shape index (κ1) is 18.7. The van der Waals surface area contributed by atoms with Gasteiger partial charge in [-0.3, -0.25) is 0 Å². The molecule has 0 radical (unpaired) electrons. The average Bonchev–Trinajstić information content (AvgIpc) is 3.16. The highest BCUT2D eigenvalue weighted by atomic mass is 16.5. The number of ether oxygens (including phenoxy) is 3. The number of hydrogen-bond acceptors (Lipinski definition) is 5. The zero-order chi connectivity index (χ0) is 17.9. The van der Waals surface area contributed by atoms with Crippen LogP contribution in [0, 0.1) is 0 Å². The molecule has 136 valence electrons. The van der Waals surface area contributed by atoms with Gasteiger partial charge in [0.2, 0.25) is 0 Å². The third-order valence-corrected chi connectivity index (χ3v) is 3.48. The lowest BCUT2D eigenvalue weighted by atomic mass is 10.2. The summed E-state index contributed by atoms with van der Waals surface area (Å²) in [6.07, 6.45) is 2.46. The summed E-state index contributed by atoms with van der Waals surface area (Å²) in [7, 11) is 3.21. The third-order valence-electron chi connectivity index (χ3n) is 3.48. The SMILES string of the molecule is COc1ccc(CN=C(N)NCCCOCc2ccco2)cc1OC. The van der Waals surface area contributed by atoms with Gasteiger partial charge in [-0.1, -0.05) is 6.07 Å². The molecule has 0 unspecified atom stereocenters. The van der Waals surface area contributed by atoms with Crippen molar-refractivity contribution in [2.45, 2.75) is 19.6 Å². The predicted octanol–water partition coefficient (Wildman–Crippen LogP) is 2.31. The summed E-state index contributed by atoms with van der Waals surface area (Å²) in [5.41, 5.74) is 6.86. The van der Waals surface area contributed by atoms with Crippen LogP contribution in [0.3, 0.4) is 0 Å². The van der Waals surface area contributed by atoms with Crippen LogP contribution in [0.5, 0.6) is 11.5 Å². The van der Waals surface area contributed by atoms with Gasteiger partial charge in [-0.15, -0.1) is 0 Å². The van der Waals surface area contributed by atoms with Gasteiger partial charge in [0.1, 0.15) is 12.4 Å². The Kier molecular flexibility index (Phi) is 7.65. The second kappa shape index (κ2) is 10.2. The van der Waals surface area contributed by atoms with Crippen molar-refractivity contribution in [1.82, 2.24) is 5.32 Å². The molecule has 1 aromatic heterocycles. The van der Waals surface area contributed by atoms with E-state index in [2.05, 4.69) is 10.3 Å². The molecule has 2 rings (SSSR count). The number of benzene rings is 1. The number of rotatable bonds is 10. The molecule has 0 saturated heterocycles. The smallest absolute Gasteiger partial charge is 0.188 e. The summed E-state index contributed by atoms with van der Waals surface area (Å²) in [5, 5.41) is 3.07. The van der Waals surface area contributed by atoms with Crippen LogP contribution in [-0.4, -0.2) is 33.3 Å². The molecule has 0 aliphatic carbocycles. The first-order valence-electron chi connectivity index (χ1n) is 8.07. The normalized spacial score (nSPS) is 11.4. The first-order valence-corrected chi connectivity index (χ1v) is 8.07. The van der Waals surface area contributed by atoms with Gasteiger partial charge in [0.25, 0.3) is 0 Å². The number of nitrogens with zero attached hydrogens (tertiary/aromatic N) is 1. The van der Waals surface area contributed by atoms with E-state index < -0.39 is 0 Å².